The number of rotatable bonds is 3. The van der Waals surface area contributed by atoms with E-state index in [0.29, 0.717) is 18.0 Å². The first-order valence-corrected chi connectivity index (χ1v) is 7.98. The minimum atomic E-state index is 0.485. The Balaban J connectivity index is 2.03. The van der Waals surface area contributed by atoms with Gasteiger partial charge in [0.05, 0.1) is 37.9 Å². The van der Waals surface area contributed by atoms with Gasteiger partial charge in [0, 0.05) is 29.7 Å². The molecule has 6 heteroatoms. The minimum Gasteiger partial charge on any atom is -0.493 e. The van der Waals surface area contributed by atoms with Crippen LogP contribution in [0.2, 0.25) is 0 Å². The summed E-state index contributed by atoms with van der Waals surface area (Å²) in [5, 5.41) is 0. The van der Waals surface area contributed by atoms with E-state index in [1.54, 1.807) is 20.4 Å². The fourth-order valence-corrected chi connectivity index (χ4v) is 3.13. The Labute approximate surface area is 145 Å². The summed E-state index contributed by atoms with van der Waals surface area (Å²) in [6, 6.07) is 9.73. The molecule has 0 aliphatic carbocycles. The molecule has 3 aromatic rings. The zero-order valence-electron chi connectivity index (χ0n) is 14.4. The fourth-order valence-electron chi connectivity index (χ4n) is 3.13. The van der Waals surface area contributed by atoms with Crippen LogP contribution in [0, 0.1) is 6.92 Å². The summed E-state index contributed by atoms with van der Waals surface area (Å²) in [6.07, 6.45) is 3.63. The Morgan fingerprint density at radius 1 is 1.04 bits per heavy atom. The van der Waals surface area contributed by atoms with E-state index >= 15 is 0 Å². The van der Waals surface area contributed by atoms with E-state index in [-0.39, 0.29) is 0 Å². The van der Waals surface area contributed by atoms with Gasteiger partial charge in [0.2, 0.25) is 0 Å². The van der Waals surface area contributed by atoms with Gasteiger partial charge >= 0.3 is 0 Å². The average molecular weight is 334 g/mol. The van der Waals surface area contributed by atoms with Crippen molar-refractivity contribution in [2.45, 2.75) is 13.5 Å². The molecule has 3 heterocycles. The van der Waals surface area contributed by atoms with Gasteiger partial charge in [-0.1, -0.05) is 6.07 Å². The number of benzene rings is 1. The molecule has 0 saturated carbocycles. The molecule has 0 amide bonds. The molecule has 1 aliphatic rings. The first kappa shape index (κ1) is 15.4. The van der Waals surface area contributed by atoms with Gasteiger partial charge in [-0.25, -0.2) is 4.98 Å². The molecule has 1 aliphatic heterocycles. The Bertz CT molecular complexity index is 961. The number of hydrogen-bond donors (Lipinski definition) is 0. The largest absolute Gasteiger partial charge is 0.493 e. The smallest absolute Gasteiger partial charge is 0.162 e. The molecule has 126 valence electrons. The summed E-state index contributed by atoms with van der Waals surface area (Å²) in [7, 11) is 3.27. The van der Waals surface area contributed by atoms with Crippen LogP contribution in [0.5, 0.6) is 11.5 Å². The number of imidazole rings is 1. The quantitative estimate of drug-likeness (QED) is 0.739. The second-order valence-electron chi connectivity index (χ2n) is 5.76. The van der Waals surface area contributed by atoms with Gasteiger partial charge in [0.1, 0.15) is 5.82 Å². The number of pyridine rings is 1. The molecule has 0 saturated heterocycles. The van der Waals surface area contributed by atoms with Crippen LogP contribution in [0.3, 0.4) is 0 Å². The van der Waals surface area contributed by atoms with Crippen LogP contribution in [0.25, 0.3) is 5.69 Å². The van der Waals surface area contributed by atoms with E-state index in [4.69, 9.17) is 14.5 Å². The van der Waals surface area contributed by atoms with Crippen molar-refractivity contribution < 1.29 is 9.47 Å². The molecule has 0 fully saturated rings. The Morgan fingerprint density at radius 2 is 1.84 bits per heavy atom. The Hall–Kier alpha value is -3.15. The predicted octanol–water partition coefficient (Wildman–Crippen LogP) is 2.94. The van der Waals surface area contributed by atoms with Gasteiger partial charge in [0.25, 0.3) is 0 Å². The van der Waals surface area contributed by atoms with Gasteiger partial charge in [0.15, 0.2) is 11.5 Å². The van der Waals surface area contributed by atoms with Crippen LogP contribution in [0.1, 0.15) is 22.8 Å². The molecular weight excluding hydrogens is 316 g/mol. The first-order valence-electron chi connectivity index (χ1n) is 7.98. The molecule has 0 unspecified atom stereocenters. The van der Waals surface area contributed by atoms with Crippen LogP contribution in [-0.2, 0) is 6.54 Å². The van der Waals surface area contributed by atoms with Crippen LogP contribution in [0.15, 0.2) is 47.7 Å². The summed E-state index contributed by atoms with van der Waals surface area (Å²) in [6.45, 7) is 2.52. The highest BCUT2D eigenvalue weighted by Crippen LogP contribution is 2.36. The number of aromatic nitrogens is 3. The van der Waals surface area contributed by atoms with E-state index in [2.05, 4.69) is 14.5 Å². The summed E-state index contributed by atoms with van der Waals surface area (Å²) in [5.74, 6) is 2.21. The van der Waals surface area contributed by atoms with Crippen molar-refractivity contribution in [1.82, 2.24) is 14.5 Å². The summed E-state index contributed by atoms with van der Waals surface area (Å²) in [5.41, 5.74) is 4.59. The lowest BCUT2D eigenvalue weighted by atomic mass is 10.0. The number of ether oxygens (including phenoxy) is 2. The molecule has 0 bridgehead atoms. The van der Waals surface area contributed by atoms with Gasteiger partial charge < -0.3 is 9.47 Å². The SMILES string of the molecule is COc1cc2c(cc1OC)-n1c(C)cnc1CN=C2c1ccccn1. The number of fused-ring (bicyclic) bond motifs is 3. The molecule has 1 aromatic carbocycles. The van der Waals surface area contributed by atoms with E-state index < -0.39 is 0 Å². The number of aliphatic imine (C=N–C) groups is 1. The third kappa shape index (κ3) is 2.46. The molecule has 4 rings (SSSR count). The number of aryl methyl sites for hydroxylation is 1. The maximum atomic E-state index is 5.50. The molecule has 25 heavy (non-hydrogen) atoms. The van der Waals surface area contributed by atoms with Crippen molar-refractivity contribution in [2.24, 2.45) is 4.99 Å². The maximum Gasteiger partial charge on any atom is 0.162 e. The van der Waals surface area contributed by atoms with Gasteiger partial charge in [-0.3, -0.25) is 14.5 Å². The lowest BCUT2D eigenvalue weighted by molar-refractivity contribution is 0.354. The van der Waals surface area contributed by atoms with Gasteiger partial charge in [-0.05, 0) is 25.1 Å². The van der Waals surface area contributed by atoms with E-state index in [1.165, 1.54) is 0 Å². The highest BCUT2D eigenvalue weighted by molar-refractivity contribution is 6.14. The van der Waals surface area contributed by atoms with Crippen molar-refractivity contribution in [2.75, 3.05) is 14.2 Å². The molecule has 0 spiro atoms. The highest BCUT2D eigenvalue weighted by Gasteiger charge is 2.24. The van der Waals surface area contributed by atoms with Gasteiger partial charge in [-0.15, -0.1) is 0 Å². The van der Waals surface area contributed by atoms with E-state index in [1.807, 2.05) is 43.5 Å². The van der Waals surface area contributed by atoms with Crippen molar-refractivity contribution in [1.29, 1.82) is 0 Å². The third-order valence-corrected chi connectivity index (χ3v) is 4.30. The van der Waals surface area contributed by atoms with Crippen LogP contribution >= 0.6 is 0 Å². The molecule has 0 N–H and O–H groups in total. The topological polar surface area (TPSA) is 61.5 Å². The average Bonchev–Trinajstić information content (AvgIpc) is 2.94. The Morgan fingerprint density at radius 3 is 2.56 bits per heavy atom. The van der Waals surface area contributed by atoms with Crippen LogP contribution in [-0.4, -0.2) is 34.5 Å². The normalized spacial score (nSPS) is 12.7. The monoisotopic (exact) mass is 334 g/mol. The molecule has 0 radical (unpaired) electrons. The maximum absolute atomic E-state index is 5.50. The fraction of sp³-hybridized carbons (Fsp3) is 0.211. The second-order valence-corrected chi connectivity index (χ2v) is 5.76. The van der Waals surface area contributed by atoms with Crippen molar-refractivity contribution in [3.63, 3.8) is 0 Å². The molecule has 2 aromatic heterocycles. The lowest BCUT2D eigenvalue weighted by Crippen LogP contribution is -2.10. The standard InChI is InChI=1S/C19H18N4O2/c1-12-10-21-18-11-22-19(14-6-4-5-7-20-14)13-8-16(24-2)17(25-3)9-15(13)23(12)18/h4-10H,11H2,1-3H3. The molecule has 6 nitrogen and oxygen atoms in total. The van der Waals surface area contributed by atoms with Gasteiger partial charge in [-0.2, -0.15) is 0 Å². The number of nitrogens with zero attached hydrogens (tertiary/aromatic N) is 4. The summed E-state index contributed by atoms with van der Waals surface area (Å²) >= 11 is 0. The van der Waals surface area contributed by atoms with E-state index in [0.717, 1.165) is 34.2 Å². The Kier molecular flexibility index (Phi) is 3.72. The summed E-state index contributed by atoms with van der Waals surface area (Å²) in [4.78, 5) is 13.8. The van der Waals surface area contributed by atoms with E-state index in [9.17, 15) is 0 Å². The highest BCUT2D eigenvalue weighted by atomic mass is 16.5. The van der Waals surface area contributed by atoms with Crippen LogP contribution in [0.4, 0.5) is 0 Å². The number of hydrogen-bond acceptors (Lipinski definition) is 5. The van der Waals surface area contributed by atoms with Crippen molar-refractivity contribution in [3.8, 4) is 17.2 Å². The predicted molar refractivity (Wildman–Crippen MR) is 95.0 cm³/mol. The lowest BCUT2D eigenvalue weighted by Gasteiger charge is -2.17. The summed E-state index contributed by atoms with van der Waals surface area (Å²) < 4.78 is 13.1. The third-order valence-electron chi connectivity index (χ3n) is 4.30. The molecular formula is C19H18N4O2. The number of methoxy groups -OCH3 is 2. The zero-order chi connectivity index (χ0) is 17.4. The molecule has 0 atom stereocenters. The zero-order valence-corrected chi connectivity index (χ0v) is 14.4. The van der Waals surface area contributed by atoms with Crippen molar-refractivity contribution >= 4 is 5.71 Å². The minimum absolute atomic E-state index is 0.485. The van der Waals surface area contributed by atoms with Crippen molar-refractivity contribution in [3.05, 3.63) is 65.5 Å². The second kappa shape index (κ2) is 6.05. The van der Waals surface area contributed by atoms with Crippen LogP contribution < -0.4 is 9.47 Å². The first-order chi connectivity index (χ1) is 12.2.